The number of amides is 2. The maximum absolute atomic E-state index is 11.7. The number of hydrogen-bond donors (Lipinski definition) is 1. The van der Waals surface area contributed by atoms with Crippen LogP contribution in [0.15, 0.2) is 24.3 Å². The minimum atomic E-state index is -0.0828. The summed E-state index contributed by atoms with van der Waals surface area (Å²) in [6.45, 7) is 1.64. The Morgan fingerprint density at radius 3 is 2.75 bits per heavy atom. The van der Waals surface area contributed by atoms with Crippen LogP contribution in [-0.4, -0.2) is 30.3 Å². The van der Waals surface area contributed by atoms with Crippen LogP contribution in [-0.2, 0) is 0 Å². The molecule has 2 amide bonds. The summed E-state index contributed by atoms with van der Waals surface area (Å²) in [5.74, 6) is 0. The fourth-order valence-corrected chi connectivity index (χ4v) is 1.81. The van der Waals surface area contributed by atoms with E-state index in [9.17, 15) is 9.59 Å². The van der Waals surface area contributed by atoms with E-state index in [1.807, 2.05) is 0 Å². The van der Waals surface area contributed by atoms with Gasteiger partial charge in [0.1, 0.15) is 6.29 Å². The van der Waals surface area contributed by atoms with E-state index in [2.05, 4.69) is 5.32 Å². The van der Waals surface area contributed by atoms with Gasteiger partial charge in [-0.2, -0.15) is 0 Å². The summed E-state index contributed by atoms with van der Waals surface area (Å²) < 4.78 is 0. The lowest BCUT2D eigenvalue weighted by Crippen LogP contribution is -2.32. The molecule has 2 rings (SSSR count). The van der Waals surface area contributed by atoms with Crippen LogP contribution in [0.4, 0.5) is 10.5 Å². The van der Waals surface area contributed by atoms with Gasteiger partial charge in [-0.25, -0.2) is 4.79 Å². The number of hydrogen-bond acceptors (Lipinski definition) is 2. The molecule has 0 saturated carbocycles. The lowest BCUT2D eigenvalue weighted by atomic mass is 10.2. The molecule has 16 heavy (non-hydrogen) atoms. The first-order chi connectivity index (χ1) is 7.79. The fourth-order valence-electron chi connectivity index (χ4n) is 1.81. The highest BCUT2D eigenvalue weighted by atomic mass is 16.2. The Bertz CT molecular complexity index is 398. The number of carbonyl (C=O) groups is 2. The molecule has 0 radical (unpaired) electrons. The van der Waals surface area contributed by atoms with Crippen molar-refractivity contribution in [1.29, 1.82) is 0 Å². The van der Waals surface area contributed by atoms with Gasteiger partial charge in [0.2, 0.25) is 0 Å². The maximum atomic E-state index is 11.7. The third-order valence-corrected chi connectivity index (χ3v) is 2.67. The zero-order valence-corrected chi connectivity index (χ0v) is 8.98. The minimum Gasteiger partial charge on any atom is -0.325 e. The van der Waals surface area contributed by atoms with E-state index in [4.69, 9.17) is 0 Å². The molecule has 0 bridgehead atoms. The second-order valence-electron chi connectivity index (χ2n) is 3.87. The number of urea groups is 1. The van der Waals surface area contributed by atoms with Crippen LogP contribution in [0.2, 0.25) is 0 Å². The van der Waals surface area contributed by atoms with Gasteiger partial charge in [-0.05, 0) is 25.0 Å². The first-order valence-corrected chi connectivity index (χ1v) is 5.41. The molecular formula is C12H14N2O2. The van der Waals surface area contributed by atoms with Crippen molar-refractivity contribution in [2.75, 3.05) is 18.4 Å². The van der Waals surface area contributed by atoms with E-state index in [-0.39, 0.29) is 6.03 Å². The summed E-state index contributed by atoms with van der Waals surface area (Å²) in [5, 5.41) is 2.79. The molecule has 0 aromatic heterocycles. The third kappa shape index (κ3) is 2.39. The summed E-state index contributed by atoms with van der Waals surface area (Å²) >= 11 is 0. The number of likely N-dealkylation sites (tertiary alicyclic amines) is 1. The van der Waals surface area contributed by atoms with Gasteiger partial charge in [0.05, 0.1) is 0 Å². The van der Waals surface area contributed by atoms with Crippen molar-refractivity contribution < 1.29 is 9.59 Å². The molecule has 1 saturated heterocycles. The number of benzene rings is 1. The van der Waals surface area contributed by atoms with Crippen molar-refractivity contribution >= 4 is 18.0 Å². The average Bonchev–Trinajstić information content (AvgIpc) is 2.83. The van der Waals surface area contributed by atoms with Crippen LogP contribution in [0.3, 0.4) is 0 Å². The van der Waals surface area contributed by atoms with Crippen molar-refractivity contribution in [3.8, 4) is 0 Å². The number of nitrogens with one attached hydrogen (secondary N) is 1. The Balaban J connectivity index is 2.02. The Labute approximate surface area is 94.2 Å². The van der Waals surface area contributed by atoms with E-state index in [1.54, 1.807) is 29.2 Å². The van der Waals surface area contributed by atoms with Gasteiger partial charge >= 0.3 is 6.03 Å². The summed E-state index contributed by atoms with van der Waals surface area (Å²) in [5.41, 5.74) is 1.24. The molecule has 1 aromatic carbocycles. The summed E-state index contributed by atoms with van der Waals surface area (Å²) in [6.07, 6.45) is 2.91. The molecule has 1 heterocycles. The normalized spacial score (nSPS) is 14.9. The van der Waals surface area contributed by atoms with Crippen LogP contribution >= 0.6 is 0 Å². The van der Waals surface area contributed by atoms with Gasteiger partial charge in [0.25, 0.3) is 0 Å². The molecule has 4 nitrogen and oxygen atoms in total. The Morgan fingerprint density at radius 2 is 2.06 bits per heavy atom. The molecule has 0 spiro atoms. The highest BCUT2D eigenvalue weighted by Crippen LogP contribution is 2.13. The number of rotatable bonds is 2. The number of anilines is 1. The van der Waals surface area contributed by atoms with Gasteiger partial charge in [0, 0.05) is 24.3 Å². The van der Waals surface area contributed by atoms with Crippen LogP contribution in [0.5, 0.6) is 0 Å². The van der Waals surface area contributed by atoms with Crippen molar-refractivity contribution in [1.82, 2.24) is 4.90 Å². The number of carbonyl (C=O) groups excluding carboxylic acids is 2. The molecule has 0 aliphatic carbocycles. The zero-order chi connectivity index (χ0) is 11.4. The van der Waals surface area contributed by atoms with Gasteiger partial charge in [0.15, 0.2) is 0 Å². The van der Waals surface area contributed by atoms with E-state index in [1.165, 1.54) is 0 Å². The fraction of sp³-hybridized carbons (Fsp3) is 0.333. The Morgan fingerprint density at radius 1 is 1.31 bits per heavy atom. The maximum Gasteiger partial charge on any atom is 0.321 e. The van der Waals surface area contributed by atoms with Crippen LogP contribution < -0.4 is 5.32 Å². The Kier molecular flexibility index (Phi) is 3.19. The number of aldehydes is 1. The quantitative estimate of drug-likeness (QED) is 0.773. The van der Waals surface area contributed by atoms with Crippen molar-refractivity contribution in [3.63, 3.8) is 0 Å². The molecule has 1 aromatic rings. The topological polar surface area (TPSA) is 49.4 Å². The molecule has 0 unspecified atom stereocenters. The highest BCUT2D eigenvalue weighted by Gasteiger charge is 2.17. The van der Waals surface area contributed by atoms with Crippen LogP contribution in [0.25, 0.3) is 0 Å². The first-order valence-electron chi connectivity index (χ1n) is 5.41. The summed E-state index contributed by atoms with van der Waals surface area (Å²) in [4.78, 5) is 24.1. The van der Waals surface area contributed by atoms with Crippen LogP contribution in [0, 0.1) is 0 Å². The first kappa shape index (κ1) is 10.7. The smallest absolute Gasteiger partial charge is 0.321 e. The molecule has 0 atom stereocenters. The SMILES string of the molecule is O=Cc1cccc(NC(=O)N2CCCC2)c1. The van der Waals surface area contributed by atoms with E-state index in [0.717, 1.165) is 32.2 Å². The van der Waals surface area contributed by atoms with Gasteiger partial charge < -0.3 is 10.2 Å². The van der Waals surface area contributed by atoms with Crippen molar-refractivity contribution in [2.24, 2.45) is 0 Å². The molecule has 1 aliphatic heterocycles. The largest absolute Gasteiger partial charge is 0.325 e. The number of nitrogens with zero attached hydrogens (tertiary/aromatic N) is 1. The second-order valence-corrected chi connectivity index (χ2v) is 3.87. The van der Waals surface area contributed by atoms with Gasteiger partial charge in [-0.15, -0.1) is 0 Å². The molecule has 4 heteroatoms. The predicted molar refractivity (Wildman–Crippen MR) is 61.7 cm³/mol. The predicted octanol–water partition coefficient (Wildman–Crippen LogP) is 2.13. The average molecular weight is 218 g/mol. The van der Waals surface area contributed by atoms with E-state index < -0.39 is 0 Å². The summed E-state index contributed by atoms with van der Waals surface area (Å²) in [6, 6.07) is 6.82. The standard InChI is InChI=1S/C12H14N2O2/c15-9-10-4-3-5-11(8-10)13-12(16)14-6-1-2-7-14/h3-5,8-9H,1-2,6-7H2,(H,13,16). The van der Waals surface area contributed by atoms with Gasteiger partial charge in [-0.1, -0.05) is 12.1 Å². The van der Waals surface area contributed by atoms with E-state index in [0.29, 0.717) is 11.3 Å². The molecule has 84 valence electrons. The lowest BCUT2D eigenvalue weighted by molar-refractivity contribution is 0.112. The van der Waals surface area contributed by atoms with Crippen molar-refractivity contribution in [3.05, 3.63) is 29.8 Å². The highest BCUT2D eigenvalue weighted by molar-refractivity contribution is 5.90. The Hall–Kier alpha value is -1.84. The van der Waals surface area contributed by atoms with Crippen LogP contribution in [0.1, 0.15) is 23.2 Å². The minimum absolute atomic E-state index is 0.0828. The van der Waals surface area contributed by atoms with Gasteiger partial charge in [-0.3, -0.25) is 4.79 Å². The molecule has 1 aliphatic rings. The monoisotopic (exact) mass is 218 g/mol. The van der Waals surface area contributed by atoms with E-state index >= 15 is 0 Å². The third-order valence-electron chi connectivity index (χ3n) is 2.67. The lowest BCUT2D eigenvalue weighted by Gasteiger charge is -2.16. The zero-order valence-electron chi connectivity index (χ0n) is 8.98. The second kappa shape index (κ2) is 4.79. The van der Waals surface area contributed by atoms with Crippen molar-refractivity contribution in [2.45, 2.75) is 12.8 Å². The molecular weight excluding hydrogens is 204 g/mol. The summed E-state index contributed by atoms with van der Waals surface area (Å²) in [7, 11) is 0. The molecule has 1 N–H and O–H groups in total. The molecule has 1 fully saturated rings.